The maximum Gasteiger partial charge on any atom is 0.216 e. The average Bonchev–Trinajstić information content (AvgIpc) is 2.29. The Morgan fingerprint density at radius 1 is 1.19 bits per heavy atom. The van der Waals surface area contributed by atoms with E-state index in [1.807, 2.05) is 0 Å². The van der Waals surface area contributed by atoms with Crippen LogP contribution in [0.15, 0.2) is 24.3 Å². The van der Waals surface area contributed by atoms with Gasteiger partial charge in [-0.1, -0.05) is 31.2 Å². The van der Waals surface area contributed by atoms with Crippen LogP contribution in [-0.4, -0.2) is 19.0 Å². The van der Waals surface area contributed by atoms with Crippen LogP contribution in [0.2, 0.25) is 0 Å². The summed E-state index contributed by atoms with van der Waals surface area (Å²) in [6.07, 6.45) is 1.06. The van der Waals surface area contributed by atoms with Crippen LogP contribution in [0.5, 0.6) is 0 Å². The molecule has 0 fully saturated rings. The third kappa shape index (κ3) is 4.45. The lowest BCUT2D eigenvalue weighted by atomic mass is 10.1. The van der Waals surface area contributed by atoms with Crippen molar-refractivity contribution in [1.29, 1.82) is 0 Å². The zero-order chi connectivity index (χ0) is 11.8. The molecule has 2 N–H and O–H groups in total. The van der Waals surface area contributed by atoms with Crippen molar-refractivity contribution in [1.82, 2.24) is 10.6 Å². The summed E-state index contributed by atoms with van der Waals surface area (Å²) in [5.74, 6) is 0.0239. The second kappa shape index (κ2) is 7.01. The minimum absolute atomic E-state index is 0.0239. The molecule has 0 aliphatic rings. The van der Waals surface area contributed by atoms with E-state index in [1.54, 1.807) is 0 Å². The first-order valence-electron chi connectivity index (χ1n) is 5.76. The van der Waals surface area contributed by atoms with Gasteiger partial charge in [-0.2, -0.15) is 0 Å². The fraction of sp³-hybridized carbons (Fsp3) is 0.462. The first kappa shape index (κ1) is 12.7. The summed E-state index contributed by atoms with van der Waals surface area (Å²) in [5.41, 5.74) is 2.72. The summed E-state index contributed by atoms with van der Waals surface area (Å²) in [7, 11) is 0. The highest BCUT2D eigenvalue weighted by Crippen LogP contribution is 2.08. The van der Waals surface area contributed by atoms with Crippen molar-refractivity contribution in [3.8, 4) is 0 Å². The normalized spacial score (nSPS) is 10.1. The first-order chi connectivity index (χ1) is 7.74. The second-order valence-electron chi connectivity index (χ2n) is 3.78. The Kier molecular flexibility index (Phi) is 5.57. The van der Waals surface area contributed by atoms with E-state index < -0.39 is 0 Å². The van der Waals surface area contributed by atoms with E-state index in [4.69, 9.17) is 0 Å². The van der Waals surface area contributed by atoms with E-state index in [2.05, 4.69) is 41.8 Å². The van der Waals surface area contributed by atoms with Gasteiger partial charge in [-0.3, -0.25) is 4.79 Å². The molecule has 1 rings (SSSR count). The zero-order valence-electron chi connectivity index (χ0n) is 10.0. The number of carbonyl (C=O) groups is 1. The zero-order valence-corrected chi connectivity index (χ0v) is 10.0. The SMILES string of the molecule is CCc1ccccc1CNCCNC(C)=O. The summed E-state index contributed by atoms with van der Waals surface area (Å²) in [4.78, 5) is 10.6. The van der Waals surface area contributed by atoms with Crippen LogP contribution in [0, 0.1) is 0 Å². The topological polar surface area (TPSA) is 41.1 Å². The van der Waals surface area contributed by atoms with E-state index in [0.29, 0.717) is 6.54 Å². The maximum absolute atomic E-state index is 10.6. The monoisotopic (exact) mass is 220 g/mol. The molecule has 1 aromatic carbocycles. The molecule has 16 heavy (non-hydrogen) atoms. The van der Waals surface area contributed by atoms with E-state index in [0.717, 1.165) is 19.5 Å². The lowest BCUT2D eigenvalue weighted by Gasteiger charge is -2.09. The predicted molar refractivity (Wildman–Crippen MR) is 66.2 cm³/mol. The molecule has 0 aliphatic carbocycles. The van der Waals surface area contributed by atoms with Crippen molar-refractivity contribution in [2.24, 2.45) is 0 Å². The molecule has 0 aromatic heterocycles. The molecule has 1 amide bonds. The molecule has 0 atom stereocenters. The number of carbonyl (C=O) groups excluding carboxylic acids is 1. The van der Waals surface area contributed by atoms with Crippen molar-refractivity contribution < 1.29 is 4.79 Å². The molecule has 0 unspecified atom stereocenters. The van der Waals surface area contributed by atoms with Gasteiger partial charge in [-0.15, -0.1) is 0 Å². The summed E-state index contributed by atoms with van der Waals surface area (Å²) in [6.45, 7) is 6.05. The smallest absolute Gasteiger partial charge is 0.216 e. The third-order valence-corrected chi connectivity index (χ3v) is 2.49. The summed E-state index contributed by atoms with van der Waals surface area (Å²) in [5, 5.41) is 6.08. The van der Waals surface area contributed by atoms with Crippen molar-refractivity contribution in [3.05, 3.63) is 35.4 Å². The lowest BCUT2D eigenvalue weighted by molar-refractivity contribution is -0.118. The van der Waals surface area contributed by atoms with Gasteiger partial charge in [0.15, 0.2) is 0 Å². The predicted octanol–water partition coefficient (Wildman–Crippen LogP) is 1.47. The van der Waals surface area contributed by atoms with Crippen LogP contribution in [0.25, 0.3) is 0 Å². The Morgan fingerprint density at radius 3 is 2.50 bits per heavy atom. The highest BCUT2D eigenvalue weighted by molar-refractivity contribution is 5.72. The standard InChI is InChI=1S/C13H20N2O/c1-3-12-6-4-5-7-13(12)10-14-8-9-15-11(2)16/h4-7,14H,3,8-10H2,1-2H3,(H,15,16). The Hall–Kier alpha value is -1.35. The molecule has 0 saturated carbocycles. The highest BCUT2D eigenvalue weighted by atomic mass is 16.1. The first-order valence-corrected chi connectivity index (χ1v) is 5.76. The number of hydrogen-bond acceptors (Lipinski definition) is 2. The summed E-state index contributed by atoms with van der Waals surface area (Å²) < 4.78 is 0. The molecule has 0 saturated heterocycles. The van der Waals surface area contributed by atoms with Gasteiger partial charge < -0.3 is 10.6 Å². The van der Waals surface area contributed by atoms with Crippen molar-refractivity contribution >= 4 is 5.91 Å². The van der Waals surface area contributed by atoms with Crippen molar-refractivity contribution in [3.63, 3.8) is 0 Å². The fourth-order valence-electron chi connectivity index (χ4n) is 1.62. The van der Waals surface area contributed by atoms with E-state index in [9.17, 15) is 4.79 Å². The minimum Gasteiger partial charge on any atom is -0.355 e. The number of aryl methyl sites for hydroxylation is 1. The van der Waals surface area contributed by atoms with Gasteiger partial charge in [0.1, 0.15) is 0 Å². The summed E-state index contributed by atoms with van der Waals surface area (Å²) >= 11 is 0. The molecule has 0 bridgehead atoms. The van der Waals surface area contributed by atoms with E-state index in [1.165, 1.54) is 18.1 Å². The van der Waals surface area contributed by atoms with Crippen molar-refractivity contribution in [2.75, 3.05) is 13.1 Å². The van der Waals surface area contributed by atoms with Gasteiger partial charge in [0.05, 0.1) is 0 Å². The molecule has 0 heterocycles. The van der Waals surface area contributed by atoms with Crippen LogP contribution in [0.3, 0.4) is 0 Å². The molecular formula is C13H20N2O. The van der Waals surface area contributed by atoms with Crippen LogP contribution < -0.4 is 10.6 Å². The van der Waals surface area contributed by atoms with Crippen molar-refractivity contribution in [2.45, 2.75) is 26.8 Å². The maximum atomic E-state index is 10.6. The van der Waals surface area contributed by atoms with Gasteiger partial charge in [-0.05, 0) is 17.5 Å². The number of hydrogen-bond donors (Lipinski definition) is 2. The molecule has 3 nitrogen and oxygen atoms in total. The van der Waals surface area contributed by atoms with E-state index >= 15 is 0 Å². The molecule has 0 radical (unpaired) electrons. The van der Waals surface area contributed by atoms with Gasteiger partial charge in [0.25, 0.3) is 0 Å². The van der Waals surface area contributed by atoms with Gasteiger partial charge >= 0.3 is 0 Å². The number of nitrogens with one attached hydrogen (secondary N) is 2. The third-order valence-electron chi connectivity index (χ3n) is 2.49. The van der Waals surface area contributed by atoms with E-state index in [-0.39, 0.29) is 5.91 Å². The molecular weight excluding hydrogens is 200 g/mol. The van der Waals surface area contributed by atoms with Gasteiger partial charge in [-0.25, -0.2) is 0 Å². The quantitative estimate of drug-likeness (QED) is 0.713. The minimum atomic E-state index is 0.0239. The van der Waals surface area contributed by atoms with Crippen LogP contribution in [-0.2, 0) is 17.8 Å². The second-order valence-corrected chi connectivity index (χ2v) is 3.78. The Labute approximate surface area is 97.2 Å². The van der Waals surface area contributed by atoms with Crippen LogP contribution >= 0.6 is 0 Å². The fourth-order valence-corrected chi connectivity index (χ4v) is 1.62. The van der Waals surface area contributed by atoms with Crippen LogP contribution in [0.1, 0.15) is 25.0 Å². The largest absolute Gasteiger partial charge is 0.355 e. The average molecular weight is 220 g/mol. The number of amides is 1. The molecule has 0 aliphatic heterocycles. The molecule has 88 valence electrons. The van der Waals surface area contributed by atoms with Gasteiger partial charge in [0.2, 0.25) is 5.91 Å². The molecule has 1 aromatic rings. The molecule has 3 heteroatoms. The number of benzene rings is 1. The number of rotatable bonds is 6. The Morgan fingerprint density at radius 2 is 1.88 bits per heavy atom. The van der Waals surface area contributed by atoms with Gasteiger partial charge in [0, 0.05) is 26.6 Å². The van der Waals surface area contributed by atoms with Crippen LogP contribution in [0.4, 0.5) is 0 Å². The Balaban J connectivity index is 2.28. The highest BCUT2D eigenvalue weighted by Gasteiger charge is 1.98. The summed E-state index contributed by atoms with van der Waals surface area (Å²) in [6, 6.07) is 8.43. The Bertz CT molecular complexity index is 336. The lowest BCUT2D eigenvalue weighted by Crippen LogP contribution is -2.30. The molecule has 0 spiro atoms.